The molecule has 2 saturated heterocycles. The number of rotatable bonds is 3. The van der Waals surface area contributed by atoms with Crippen LogP contribution in [0.15, 0.2) is 0 Å². The lowest BCUT2D eigenvalue weighted by Gasteiger charge is -2.34. The molecule has 0 radical (unpaired) electrons. The van der Waals surface area contributed by atoms with Gasteiger partial charge in [0.1, 0.15) is 0 Å². The third-order valence-electron chi connectivity index (χ3n) is 3.98. The molecule has 5 nitrogen and oxygen atoms in total. The molecule has 2 N–H and O–H groups in total. The molecule has 2 unspecified atom stereocenters. The summed E-state index contributed by atoms with van der Waals surface area (Å²) in [7, 11) is 0. The van der Waals surface area contributed by atoms with E-state index < -0.39 is 0 Å². The Kier molecular flexibility index (Phi) is 4.97. The molecular formula is C13H24N2O3. The van der Waals surface area contributed by atoms with E-state index in [1.54, 1.807) is 0 Å². The van der Waals surface area contributed by atoms with Crippen LogP contribution in [0.2, 0.25) is 0 Å². The van der Waals surface area contributed by atoms with Crippen LogP contribution >= 0.6 is 0 Å². The number of likely N-dealkylation sites (tertiary alicyclic amines) is 1. The number of hydrogen-bond acceptors (Lipinski definition) is 4. The highest BCUT2D eigenvalue weighted by Crippen LogP contribution is 2.21. The molecule has 0 aliphatic carbocycles. The third kappa shape index (κ3) is 3.67. The molecule has 2 aliphatic rings. The van der Waals surface area contributed by atoms with Crippen LogP contribution in [0.1, 0.15) is 26.2 Å². The van der Waals surface area contributed by atoms with Gasteiger partial charge in [-0.15, -0.1) is 0 Å². The Balaban J connectivity index is 1.73. The number of aliphatic hydroxyl groups is 1. The number of aliphatic hydroxyl groups excluding tert-OH is 1. The fourth-order valence-electron chi connectivity index (χ4n) is 2.71. The van der Waals surface area contributed by atoms with Crippen molar-refractivity contribution in [3.05, 3.63) is 0 Å². The number of ether oxygens (including phenoxy) is 1. The van der Waals surface area contributed by atoms with Gasteiger partial charge in [-0.3, -0.25) is 4.79 Å². The fourth-order valence-corrected chi connectivity index (χ4v) is 2.71. The number of carbonyl (C=O) groups is 1. The molecule has 2 aliphatic heterocycles. The molecule has 0 aromatic rings. The van der Waals surface area contributed by atoms with Crippen molar-refractivity contribution in [3.63, 3.8) is 0 Å². The Bertz CT molecular complexity index is 269. The van der Waals surface area contributed by atoms with Crippen LogP contribution < -0.4 is 5.32 Å². The van der Waals surface area contributed by atoms with Crippen LogP contribution in [-0.2, 0) is 9.53 Å². The van der Waals surface area contributed by atoms with E-state index >= 15 is 0 Å². The number of amides is 1. The highest BCUT2D eigenvalue weighted by atomic mass is 16.5. The number of carbonyl (C=O) groups excluding carboxylic acids is 1. The van der Waals surface area contributed by atoms with E-state index in [1.165, 1.54) is 0 Å². The Morgan fingerprint density at radius 2 is 2.22 bits per heavy atom. The molecule has 1 amide bonds. The molecule has 2 heterocycles. The summed E-state index contributed by atoms with van der Waals surface area (Å²) in [5.41, 5.74) is 0. The van der Waals surface area contributed by atoms with Crippen LogP contribution in [0.25, 0.3) is 0 Å². The van der Waals surface area contributed by atoms with E-state index in [0.29, 0.717) is 18.9 Å². The molecule has 5 heteroatoms. The van der Waals surface area contributed by atoms with Crippen LogP contribution in [0.4, 0.5) is 0 Å². The minimum absolute atomic E-state index is 0.0285. The predicted octanol–water partition coefficient (Wildman–Crippen LogP) is -0.0157. The first-order valence-corrected chi connectivity index (χ1v) is 6.95. The summed E-state index contributed by atoms with van der Waals surface area (Å²) in [6.45, 7) is 5.73. The summed E-state index contributed by atoms with van der Waals surface area (Å²) in [6.07, 6.45) is 2.07. The first-order chi connectivity index (χ1) is 8.66. The van der Waals surface area contributed by atoms with Crippen LogP contribution in [-0.4, -0.2) is 60.9 Å². The van der Waals surface area contributed by atoms with E-state index in [1.807, 2.05) is 11.8 Å². The number of piperidine rings is 1. The fraction of sp³-hybridized carbons (Fsp3) is 0.923. The Morgan fingerprint density at radius 3 is 2.78 bits per heavy atom. The highest BCUT2D eigenvalue weighted by Gasteiger charge is 2.27. The summed E-state index contributed by atoms with van der Waals surface area (Å²) in [5, 5.41) is 12.8. The molecule has 0 aromatic carbocycles. The van der Waals surface area contributed by atoms with Gasteiger partial charge in [0.2, 0.25) is 5.91 Å². The number of nitrogens with zero attached hydrogens (tertiary/aromatic N) is 1. The molecule has 0 bridgehead atoms. The minimum atomic E-state index is -0.256. The lowest BCUT2D eigenvalue weighted by atomic mass is 9.92. The second kappa shape index (κ2) is 6.50. The van der Waals surface area contributed by atoms with Crippen molar-refractivity contribution in [3.8, 4) is 0 Å². The third-order valence-corrected chi connectivity index (χ3v) is 3.98. The van der Waals surface area contributed by atoms with Crippen molar-refractivity contribution in [2.75, 3.05) is 32.8 Å². The highest BCUT2D eigenvalue weighted by molar-refractivity contribution is 5.76. The zero-order valence-electron chi connectivity index (χ0n) is 11.1. The Morgan fingerprint density at radius 1 is 1.50 bits per heavy atom. The summed E-state index contributed by atoms with van der Waals surface area (Å²) >= 11 is 0. The van der Waals surface area contributed by atoms with Crippen LogP contribution in [0.5, 0.6) is 0 Å². The average molecular weight is 256 g/mol. The lowest BCUT2D eigenvalue weighted by Crippen LogP contribution is -2.45. The Hall–Kier alpha value is -0.650. The number of hydrogen-bond donors (Lipinski definition) is 2. The smallest absolute Gasteiger partial charge is 0.225 e. The van der Waals surface area contributed by atoms with E-state index in [2.05, 4.69) is 5.32 Å². The maximum absolute atomic E-state index is 12.1. The summed E-state index contributed by atoms with van der Waals surface area (Å²) < 4.78 is 5.55. The second-order valence-corrected chi connectivity index (χ2v) is 5.36. The SMILES string of the molecule is CC(O)C1CCN(C(=O)CC2CNCCO2)CC1. The second-order valence-electron chi connectivity index (χ2n) is 5.36. The molecule has 0 saturated carbocycles. The maximum Gasteiger partial charge on any atom is 0.225 e. The van der Waals surface area contributed by atoms with Gasteiger partial charge in [0, 0.05) is 26.2 Å². The number of morpholine rings is 1. The van der Waals surface area contributed by atoms with Gasteiger partial charge in [0.15, 0.2) is 0 Å². The quantitative estimate of drug-likeness (QED) is 0.745. The average Bonchev–Trinajstić information content (AvgIpc) is 2.40. The molecule has 2 atom stereocenters. The van der Waals surface area contributed by atoms with Crippen LogP contribution in [0, 0.1) is 5.92 Å². The topological polar surface area (TPSA) is 61.8 Å². The molecule has 2 fully saturated rings. The van der Waals surface area contributed by atoms with Crippen molar-refractivity contribution < 1.29 is 14.6 Å². The van der Waals surface area contributed by atoms with E-state index in [0.717, 1.165) is 39.0 Å². The monoisotopic (exact) mass is 256 g/mol. The van der Waals surface area contributed by atoms with Crippen molar-refractivity contribution in [1.82, 2.24) is 10.2 Å². The van der Waals surface area contributed by atoms with Gasteiger partial charge in [-0.05, 0) is 25.7 Å². The number of nitrogens with one attached hydrogen (secondary N) is 1. The summed E-state index contributed by atoms with van der Waals surface area (Å²) in [5.74, 6) is 0.536. The minimum Gasteiger partial charge on any atom is -0.393 e. The van der Waals surface area contributed by atoms with Gasteiger partial charge in [-0.1, -0.05) is 0 Å². The maximum atomic E-state index is 12.1. The van der Waals surface area contributed by atoms with Gasteiger partial charge < -0.3 is 20.1 Å². The van der Waals surface area contributed by atoms with Gasteiger partial charge in [-0.25, -0.2) is 0 Å². The molecular weight excluding hydrogens is 232 g/mol. The van der Waals surface area contributed by atoms with Crippen molar-refractivity contribution in [2.45, 2.75) is 38.4 Å². The standard InChI is InChI=1S/C13H24N2O3/c1-10(16)11-2-5-15(6-3-11)13(17)8-12-9-14-4-7-18-12/h10-12,14,16H,2-9H2,1H3. The summed E-state index contributed by atoms with van der Waals surface area (Å²) in [6, 6.07) is 0. The lowest BCUT2D eigenvalue weighted by molar-refractivity contribution is -0.136. The zero-order chi connectivity index (χ0) is 13.0. The first kappa shape index (κ1) is 13.8. The Labute approximate surface area is 108 Å². The van der Waals surface area contributed by atoms with Gasteiger partial charge in [0.05, 0.1) is 25.2 Å². The van der Waals surface area contributed by atoms with Crippen molar-refractivity contribution in [2.24, 2.45) is 5.92 Å². The molecule has 0 spiro atoms. The van der Waals surface area contributed by atoms with E-state index in [-0.39, 0.29) is 18.1 Å². The molecule has 18 heavy (non-hydrogen) atoms. The van der Waals surface area contributed by atoms with Crippen molar-refractivity contribution in [1.29, 1.82) is 0 Å². The van der Waals surface area contributed by atoms with Crippen LogP contribution in [0.3, 0.4) is 0 Å². The van der Waals surface area contributed by atoms with E-state index in [9.17, 15) is 9.90 Å². The van der Waals surface area contributed by atoms with Gasteiger partial charge in [-0.2, -0.15) is 0 Å². The molecule has 2 rings (SSSR count). The first-order valence-electron chi connectivity index (χ1n) is 6.95. The molecule has 104 valence electrons. The van der Waals surface area contributed by atoms with E-state index in [4.69, 9.17) is 4.74 Å². The predicted molar refractivity (Wildman–Crippen MR) is 68.2 cm³/mol. The molecule has 0 aromatic heterocycles. The van der Waals surface area contributed by atoms with Crippen molar-refractivity contribution >= 4 is 5.91 Å². The summed E-state index contributed by atoms with van der Waals surface area (Å²) in [4.78, 5) is 14.0. The van der Waals surface area contributed by atoms with Gasteiger partial charge in [0.25, 0.3) is 0 Å². The normalized spacial score (nSPS) is 28.1. The van der Waals surface area contributed by atoms with Gasteiger partial charge >= 0.3 is 0 Å². The largest absolute Gasteiger partial charge is 0.393 e. The zero-order valence-corrected chi connectivity index (χ0v) is 11.1.